The molecule has 0 aliphatic carbocycles. The van der Waals surface area contributed by atoms with Crippen LogP contribution in [0.2, 0.25) is 0 Å². The van der Waals surface area contributed by atoms with Gasteiger partial charge in [-0.1, -0.05) is 50.2 Å². The third-order valence-electron chi connectivity index (χ3n) is 2.76. The molecule has 3 nitrogen and oxygen atoms in total. The number of anilines is 1. The van der Waals surface area contributed by atoms with Crippen LogP contribution in [0.15, 0.2) is 54.6 Å². The summed E-state index contributed by atoms with van der Waals surface area (Å²) in [4.78, 5) is 11.8. The monoisotopic (exact) mass is 255 g/mol. The highest BCUT2D eigenvalue weighted by molar-refractivity contribution is 5.86. The number of nitrogens with one attached hydrogen (secondary N) is 1. The van der Waals surface area contributed by atoms with Crippen LogP contribution in [-0.2, 0) is 0 Å². The van der Waals surface area contributed by atoms with Gasteiger partial charge in [-0.15, -0.1) is 0 Å². The van der Waals surface area contributed by atoms with Crippen molar-refractivity contribution in [3.63, 3.8) is 0 Å². The second-order valence-electron chi connectivity index (χ2n) is 4.57. The Morgan fingerprint density at radius 1 is 1.00 bits per heavy atom. The van der Waals surface area contributed by atoms with Gasteiger partial charge in [0.2, 0.25) is 0 Å². The standard InChI is InChI=1S/C16H17NO2/c1-12(2)14-10-6-7-11-15(14)19-16(18)17-13-8-4-3-5-9-13/h3-12H,1-2H3,(H,17,18). The van der Waals surface area contributed by atoms with E-state index in [0.29, 0.717) is 11.7 Å². The van der Waals surface area contributed by atoms with Gasteiger partial charge in [0.15, 0.2) is 0 Å². The van der Waals surface area contributed by atoms with Gasteiger partial charge in [-0.3, -0.25) is 5.32 Å². The Hall–Kier alpha value is -2.29. The summed E-state index contributed by atoms with van der Waals surface area (Å²) in [6.45, 7) is 4.13. The van der Waals surface area contributed by atoms with Crippen molar-refractivity contribution in [2.24, 2.45) is 0 Å². The number of hydrogen-bond acceptors (Lipinski definition) is 2. The first kappa shape index (κ1) is 13.1. The van der Waals surface area contributed by atoms with Crippen molar-refractivity contribution in [1.82, 2.24) is 0 Å². The molecule has 0 aliphatic rings. The van der Waals surface area contributed by atoms with Crippen molar-refractivity contribution >= 4 is 11.8 Å². The summed E-state index contributed by atoms with van der Waals surface area (Å²) >= 11 is 0. The lowest BCUT2D eigenvalue weighted by Crippen LogP contribution is -2.17. The molecule has 3 heteroatoms. The number of rotatable bonds is 3. The fraction of sp³-hybridized carbons (Fsp3) is 0.188. The van der Waals surface area contributed by atoms with E-state index in [1.54, 1.807) is 6.07 Å². The average molecular weight is 255 g/mol. The molecule has 0 aromatic heterocycles. The molecular formula is C16H17NO2. The van der Waals surface area contributed by atoms with Crippen LogP contribution in [-0.4, -0.2) is 6.09 Å². The molecule has 0 spiro atoms. The first-order valence-corrected chi connectivity index (χ1v) is 6.29. The van der Waals surface area contributed by atoms with Crippen LogP contribution < -0.4 is 10.1 Å². The Morgan fingerprint density at radius 3 is 2.32 bits per heavy atom. The van der Waals surface area contributed by atoms with E-state index in [4.69, 9.17) is 4.74 Å². The summed E-state index contributed by atoms with van der Waals surface area (Å²) < 4.78 is 5.36. The number of carbonyl (C=O) groups is 1. The zero-order chi connectivity index (χ0) is 13.7. The third kappa shape index (κ3) is 3.58. The third-order valence-corrected chi connectivity index (χ3v) is 2.76. The van der Waals surface area contributed by atoms with Gasteiger partial charge >= 0.3 is 6.09 Å². The maximum Gasteiger partial charge on any atom is 0.417 e. The van der Waals surface area contributed by atoms with Gasteiger partial charge < -0.3 is 4.74 Å². The highest BCUT2D eigenvalue weighted by Gasteiger charge is 2.11. The fourth-order valence-electron chi connectivity index (χ4n) is 1.82. The van der Waals surface area contributed by atoms with E-state index in [-0.39, 0.29) is 0 Å². The second kappa shape index (κ2) is 6.05. The Morgan fingerprint density at radius 2 is 1.63 bits per heavy atom. The lowest BCUT2D eigenvalue weighted by atomic mass is 10.0. The largest absolute Gasteiger partial charge is 0.417 e. The number of para-hydroxylation sites is 2. The van der Waals surface area contributed by atoms with Crippen molar-refractivity contribution in [2.75, 3.05) is 5.32 Å². The molecule has 2 aromatic rings. The van der Waals surface area contributed by atoms with E-state index < -0.39 is 6.09 Å². The first-order valence-electron chi connectivity index (χ1n) is 6.29. The number of benzene rings is 2. The minimum Gasteiger partial charge on any atom is -0.410 e. The van der Waals surface area contributed by atoms with Crippen molar-refractivity contribution < 1.29 is 9.53 Å². The predicted molar refractivity (Wildman–Crippen MR) is 76.6 cm³/mol. The topological polar surface area (TPSA) is 38.3 Å². The molecule has 0 saturated carbocycles. The smallest absolute Gasteiger partial charge is 0.410 e. The molecule has 0 fully saturated rings. The summed E-state index contributed by atoms with van der Waals surface area (Å²) in [5.74, 6) is 0.909. The Labute approximate surface area is 113 Å². The molecule has 1 N–H and O–H groups in total. The van der Waals surface area contributed by atoms with Gasteiger partial charge in [0.05, 0.1) is 0 Å². The van der Waals surface area contributed by atoms with E-state index in [0.717, 1.165) is 11.3 Å². The molecular weight excluding hydrogens is 238 g/mol. The maximum absolute atomic E-state index is 11.8. The van der Waals surface area contributed by atoms with E-state index >= 15 is 0 Å². The van der Waals surface area contributed by atoms with Crippen LogP contribution in [0.3, 0.4) is 0 Å². The number of hydrogen-bond donors (Lipinski definition) is 1. The summed E-state index contributed by atoms with van der Waals surface area (Å²) in [7, 11) is 0. The van der Waals surface area contributed by atoms with E-state index in [2.05, 4.69) is 19.2 Å². The number of carbonyl (C=O) groups excluding carboxylic acids is 1. The molecule has 2 rings (SSSR count). The SMILES string of the molecule is CC(C)c1ccccc1OC(=O)Nc1ccccc1. The highest BCUT2D eigenvalue weighted by atomic mass is 16.6. The normalized spacial score (nSPS) is 10.3. The molecule has 0 radical (unpaired) electrons. The number of amides is 1. The average Bonchev–Trinajstić information content (AvgIpc) is 2.40. The van der Waals surface area contributed by atoms with Crippen molar-refractivity contribution in [2.45, 2.75) is 19.8 Å². The van der Waals surface area contributed by atoms with Crippen LogP contribution in [0.25, 0.3) is 0 Å². The van der Waals surface area contributed by atoms with Crippen molar-refractivity contribution in [3.05, 3.63) is 60.2 Å². The van der Waals surface area contributed by atoms with Gasteiger partial charge in [0.25, 0.3) is 0 Å². The van der Waals surface area contributed by atoms with E-state index in [1.807, 2.05) is 48.5 Å². The first-order chi connectivity index (χ1) is 9.16. The fourth-order valence-corrected chi connectivity index (χ4v) is 1.82. The lowest BCUT2D eigenvalue weighted by Gasteiger charge is -2.12. The predicted octanol–water partition coefficient (Wildman–Crippen LogP) is 4.42. The van der Waals surface area contributed by atoms with Crippen LogP contribution in [0.1, 0.15) is 25.3 Å². The molecule has 0 atom stereocenters. The molecule has 0 unspecified atom stereocenters. The van der Waals surface area contributed by atoms with E-state index in [9.17, 15) is 4.79 Å². The number of ether oxygens (including phenoxy) is 1. The molecule has 0 aliphatic heterocycles. The van der Waals surface area contributed by atoms with Gasteiger partial charge in [-0.2, -0.15) is 0 Å². The molecule has 0 heterocycles. The van der Waals surface area contributed by atoms with E-state index in [1.165, 1.54) is 0 Å². The quantitative estimate of drug-likeness (QED) is 0.881. The Kier molecular flexibility index (Phi) is 4.18. The van der Waals surface area contributed by atoms with Crippen LogP contribution in [0, 0.1) is 0 Å². The molecule has 98 valence electrons. The maximum atomic E-state index is 11.8. The van der Waals surface area contributed by atoms with Crippen LogP contribution in [0.5, 0.6) is 5.75 Å². The minimum absolute atomic E-state index is 0.306. The van der Waals surface area contributed by atoms with Gasteiger partial charge in [-0.05, 0) is 29.7 Å². The summed E-state index contributed by atoms with van der Waals surface area (Å²) in [6, 6.07) is 16.8. The minimum atomic E-state index is -0.473. The lowest BCUT2D eigenvalue weighted by molar-refractivity contribution is 0.214. The summed E-state index contributed by atoms with van der Waals surface area (Å²) in [6.07, 6.45) is -0.473. The molecule has 0 saturated heterocycles. The molecule has 1 amide bonds. The van der Waals surface area contributed by atoms with Crippen LogP contribution in [0.4, 0.5) is 10.5 Å². The summed E-state index contributed by atoms with van der Waals surface area (Å²) in [5.41, 5.74) is 1.74. The van der Waals surface area contributed by atoms with Crippen LogP contribution >= 0.6 is 0 Å². The Balaban J connectivity index is 2.07. The van der Waals surface area contributed by atoms with Gasteiger partial charge in [-0.25, -0.2) is 4.79 Å². The highest BCUT2D eigenvalue weighted by Crippen LogP contribution is 2.26. The molecule has 2 aromatic carbocycles. The molecule has 0 bridgehead atoms. The van der Waals surface area contributed by atoms with Crippen molar-refractivity contribution in [3.8, 4) is 5.75 Å². The second-order valence-corrected chi connectivity index (χ2v) is 4.57. The Bertz CT molecular complexity index is 550. The zero-order valence-corrected chi connectivity index (χ0v) is 11.1. The van der Waals surface area contributed by atoms with Gasteiger partial charge in [0, 0.05) is 5.69 Å². The molecule has 19 heavy (non-hydrogen) atoms. The zero-order valence-electron chi connectivity index (χ0n) is 11.1. The summed E-state index contributed by atoms with van der Waals surface area (Å²) in [5, 5.41) is 2.70. The van der Waals surface area contributed by atoms with Gasteiger partial charge in [0.1, 0.15) is 5.75 Å². The van der Waals surface area contributed by atoms with Crippen molar-refractivity contribution in [1.29, 1.82) is 0 Å².